The highest BCUT2D eigenvalue weighted by molar-refractivity contribution is 7.92. The zero-order valence-electron chi connectivity index (χ0n) is 15.0. The fraction of sp³-hybridized carbons (Fsp3) is 0.263. The Morgan fingerprint density at radius 2 is 1.70 bits per heavy atom. The van der Waals surface area contributed by atoms with Crippen LogP contribution in [-0.4, -0.2) is 23.2 Å². The van der Waals surface area contributed by atoms with E-state index in [1.807, 2.05) is 12.1 Å². The molecule has 0 bridgehead atoms. The van der Waals surface area contributed by atoms with E-state index in [1.54, 1.807) is 24.3 Å². The van der Waals surface area contributed by atoms with Crippen molar-refractivity contribution in [3.63, 3.8) is 0 Å². The highest BCUT2D eigenvalue weighted by Crippen LogP contribution is 2.15. The first-order valence-corrected chi connectivity index (χ1v) is 10.2. The Morgan fingerprint density at radius 3 is 2.37 bits per heavy atom. The van der Waals surface area contributed by atoms with Gasteiger partial charge < -0.3 is 0 Å². The fourth-order valence-electron chi connectivity index (χ4n) is 2.59. The summed E-state index contributed by atoms with van der Waals surface area (Å²) in [6, 6.07) is 12.8. The van der Waals surface area contributed by atoms with Gasteiger partial charge >= 0.3 is 0 Å². The van der Waals surface area contributed by atoms with E-state index in [9.17, 15) is 12.8 Å². The Morgan fingerprint density at radius 1 is 1.04 bits per heavy atom. The molecule has 1 heterocycles. The first-order valence-electron chi connectivity index (χ1n) is 8.72. The number of unbranched alkanes of at least 4 members (excludes halogenated alkanes) is 1. The van der Waals surface area contributed by atoms with Gasteiger partial charge in [-0.3, -0.25) is 0 Å². The van der Waals surface area contributed by atoms with Crippen molar-refractivity contribution in [2.75, 3.05) is 4.72 Å². The molecule has 3 aromatic rings. The summed E-state index contributed by atoms with van der Waals surface area (Å²) >= 11 is 0. The van der Waals surface area contributed by atoms with E-state index in [4.69, 9.17) is 0 Å². The van der Waals surface area contributed by atoms with Crippen molar-refractivity contribution < 1.29 is 12.8 Å². The Labute approximate surface area is 158 Å². The van der Waals surface area contributed by atoms with Gasteiger partial charge in [-0.05, 0) is 48.2 Å². The molecule has 0 saturated heterocycles. The molecule has 0 aliphatic rings. The van der Waals surface area contributed by atoms with Crippen LogP contribution >= 0.6 is 0 Å². The number of nitrogens with one attached hydrogen (secondary N) is 1. The first-order chi connectivity index (χ1) is 13.0. The lowest BCUT2D eigenvalue weighted by atomic mass is 10.1. The molecule has 0 radical (unpaired) electrons. The molecule has 3 rings (SSSR count). The quantitative estimate of drug-likeness (QED) is 0.640. The van der Waals surface area contributed by atoms with Crippen molar-refractivity contribution in [2.24, 2.45) is 0 Å². The zero-order valence-corrected chi connectivity index (χ0v) is 15.8. The van der Waals surface area contributed by atoms with Crippen molar-refractivity contribution in [3.8, 4) is 0 Å². The molecule has 0 fully saturated rings. The van der Waals surface area contributed by atoms with Gasteiger partial charge in [0.05, 0.1) is 11.4 Å². The molecule has 2 aromatic carbocycles. The number of nitrogens with zero attached hydrogens (tertiary/aromatic N) is 3. The Kier molecular flexibility index (Phi) is 5.85. The Bertz CT molecular complexity index is 983. The number of anilines is 1. The summed E-state index contributed by atoms with van der Waals surface area (Å²) in [7, 11) is -3.75. The number of sulfonamides is 1. The van der Waals surface area contributed by atoms with E-state index < -0.39 is 10.0 Å². The van der Waals surface area contributed by atoms with Crippen LogP contribution in [0.15, 0.2) is 59.8 Å². The van der Waals surface area contributed by atoms with Gasteiger partial charge in [-0.15, -0.1) is 5.10 Å². The summed E-state index contributed by atoms with van der Waals surface area (Å²) in [6.07, 6.45) is 4.52. The molecule has 142 valence electrons. The number of hydrogen-bond acceptors (Lipinski definition) is 4. The zero-order chi connectivity index (χ0) is 19.3. The van der Waals surface area contributed by atoms with E-state index >= 15 is 0 Å². The first kappa shape index (κ1) is 19.0. The number of rotatable bonds is 8. The van der Waals surface area contributed by atoms with Gasteiger partial charge in [0, 0.05) is 0 Å². The van der Waals surface area contributed by atoms with Crippen LogP contribution in [0.4, 0.5) is 10.3 Å². The molecular formula is C19H21FN4O2S. The van der Waals surface area contributed by atoms with Crippen LogP contribution in [0, 0.1) is 5.82 Å². The number of aromatic nitrogens is 3. The molecule has 27 heavy (non-hydrogen) atoms. The van der Waals surface area contributed by atoms with Crippen LogP contribution in [0.25, 0.3) is 0 Å². The summed E-state index contributed by atoms with van der Waals surface area (Å²) in [5.41, 5.74) is 1.94. The second kappa shape index (κ2) is 8.30. The maximum absolute atomic E-state index is 13.0. The van der Waals surface area contributed by atoms with Crippen molar-refractivity contribution >= 4 is 16.0 Å². The molecule has 1 N–H and O–H groups in total. The van der Waals surface area contributed by atoms with E-state index in [2.05, 4.69) is 21.7 Å². The average molecular weight is 388 g/mol. The van der Waals surface area contributed by atoms with Gasteiger partial charge in [0.2, 0.25) is 0 Å². The molecule has 0 spiro atoms. The van der Waals surface area contributed by atoms with Crippen LogP contribution in [0.5, 0.6) is 0 Å². The smallest absolute Gasteiger partial charge is 0.246 e. The summed E-state index contributed by atoms with van der Waals surface area (Å²) in [4.78, 5) is 4.15. The van der Waals surface area contributed by atoms with E-state index in [0.29, 0.717) is 6.54 Å². The van der Waals surface area contributed by atoms with Crippen LogP contribution in [-0.2, 0) is 23.0 Å². The third kappa shape index (κ3) is 5.13. The minimum absolute atomic E-state index is 0.00725. The highest BCUT2D eigenvalue weighted by atomic mass is 32.2. The SMILES string of the molecule is CCCCc1ccc(S(=O)(=O)Nc2ncn(Cc3ccc(F)cc3)n2)cc1. The largest absolute Gasteiger partial charge is 0.264 e. The van der Waals surface area contributed by atoms with E-state index in [0.717, 1.165) is 30.4 Å². The van der Waals surface area contributed by atoms with Crippen molar-refractivity contribution in [2.45, 2.75) is 37.6 Å². The molecule has 0 saturated carbocycles. The third-order valence-electron chi connectivity index (χ3n) is 4.07. The molecule has 8 heteroatoms. The normalized spacial score (nSPS) is 11.5. The van der Waals surface area contributed by atoms with Gasteiger partial charge in [0.1, 0.15) is 12.1 Å². The summed E-state index contributed by atoms with van der Waals surface area (Å²) < 4.78 is 41.8. The molecule has 6 nitrogen and oxygen atoms in total. The van der Waals surface area contributed by atoms with Gasteiger partial charge in [0.15, 0.2) is 0 Å². The Hall–Kier alpha value is -2.74. The lowest BCUT2D eigenvalue weighted by Crippen LogP contribution is -2.14. The second-order valence-electron chi connectivity index (χ2n) is 6.25. The van der Waals surface area contributed by atoms with E-state index in [-0.39, 0.29) is 16.7 Å². The predicted octanol–water partition coefficient (Wildman–Crippen LogP) is 3.61. The molecule has 1 aromatic heterocycles. The molecule has 0 aliphatic heterocycles. The summed E-state index contributed by atoms with van der Waals surface area (Å²) in [6.45, 7) is 2.48. The predicted molar refractivity (Wildman–Crippen MR) is 101 cm³/mol. The third-order valence-corrected chi connectivity index (χ3v) is 5.42. The van der Waals surface area contributed by atoms with Crippen LogP contribution in [0.3, 0.4) is 0 Å². The minimum atomic E-state index is -3.75. The number of hydrogen-bond donors (Lipinski definition) is 1. The molecule has 0 amide bonds. The van der Waals surface area contributed by atoms with Crippen LogP contribution in [0.1, 0.15) is 30.9 Å². The lowest BCUT2D eigenvalue weighted by Gasteiger charge is -2.06. The van der Waals surface area contributed by atoms with Crippen LogP contribution in [0.2, 0.25) is 0 Å². The van der Waals surface area contributed by atoms with Gasteiger partial charge in [0.25, 0.3) is 16.0 Å². The lowest BCUT2D eigenvalue weighted by molar-refractivity contribution is 0.600. The standard InChI is InChI=1S/C19H21FN4O2S/c1-2-3-4-15-7-11-18(12-8-15)27(25,26)23-19-21-14-24(22-19)13-16-5-9-17(20)10-6-16/h5-12,14H,2-4,13H2,1H3,(H,22,23). The molecular weight excluding hydrogens is 367 g/mol. The Balaban J connectivity index is 1.67. The molecule has 0 atom stereocenters. The van der Waals surface area contributed by atoms with Crippen molar-refractivity contribution in [1.82, 2.24) is 14.8 Å². The van der Waals surface area contributed by atoms with Crippen LogP contribution < -0.4 is 4.72 Å². The number of aryl methyl sites for hydroxylation is 1. The van der Waals surface area contributed by atoms with Crippen molar-refractivity contribution in [1.29, 1.82) is 0 Å². The maximum Gasteiger partial charge on any atom is 0.264 e. The monoisotopic (exact) mass is 388 g/mol. The average Bonchev–Trinajstić information content (AvgIpc) is 3.08. The molecule has 0 aliphatic carbocycles. The second-order valence-corrected chi connectivity index (χ2v) is 7.93. The molecule has 0 unspecified atom stereocenters. The van der Waals surface area contributed by atoms with E-state index in [1.165, 1.54) is 23.1 Å². The summed E-state index contributed by atoms with van der Waals surface area (Å²) in [5, 5.41) is 4.12. The topological polar surface area (TPSA) is 76.9 Å². The van der Waals surface area contributed by atoms with Gasteiger partial charge in [-0.2, -0.15) is 4.98 Å². The highest BCUT2D eigenvalue weighted by Gasteiger charge is 2.16. The number of halogens is 1. The van der Waals surface area contributed by atoms with Crippen molar-refractivity contribution in [3.05, 3.63) is 71.8 Å². The fourth-order valence-corrected chi connectivity index (χ4v) is 3.54. The summed E-state index contributed by atoms with van der Waals surface area (Å²) in [5.74, 6) is -0.321. The number of benzene rings is 2. The minimum Gasteiger partial charge on any atom is -0.246 e. The van der Waals surface area contributed by atoms with Gasteiger partial charge in [-0.1, -0.05) is 37.6 Å². The van der Waals surface area contributed by atoms with Gasteiger partial charge in [-0.25, -0.2) is 22.2 Å². The maximum atomic E-state index is 13.0.